The van der Waals surface area contributed by atoms with Crippen molar-refractivity contribution >= 4 is 23.3 Å². The van der Waals surface area contributed by atoms with Gasteiger partial charge in [0.05, 0.1) is 0 Å². The van der Waals surface area contributed by atoms with Crippen molar-refractivity contribution in [2.45, 2.75) is 43.7 Å². The van der Waals surface area contributed by atoms with E-state index in [-0.39, 0.29) is 38.4 Å². The second-order valence-corrected chi connectivity index (χ2v) is 10.3. The molecule has 31 heavy (non-hydrogen) atoms. The number of hydrogen-bond acceptors (Lipinski definition) is 7. The summed E-state index contributed by atoms with van der Waals surface area (Å²) in [5.41, 5.74) is 5.32. The Labute approximate surface area is 183 Å². The molecule has 3 atom stereocenters. The van der Waals surface area contributed by atoms with E-state index in [2.05, 4.69) is 5.32 Å². The number of nitrogens with zero attached hydrogens (tertiary/aromatic N) is 2. The molecule has 0 saturated carbocycles. The van der Waals surface area contributed by atoms with Crippen molar-refractivity contribution in [3.63, 3.8) is 0 Å². The summed E-state index contributed by atoms with van der Waals surface area (Å²) < 4.78 is 29.9. The van der Waals surface area contributed by atoms with E-state index in [1.54, 1.807) is 0 Å². The molecule has 1 aromatic carbocycles. The quantitative estimate of drug-likeness (QED) is 0.284. The van der Waals surface area contributed by atoms with Gasteiger partial charge >= 0.3 is 13.1 Å². The van der Waals surface area contributed by atoms with Crippen LogP contribution in [-0.2, 0) is 21.5 Å². The summed E-state index contributed by atoms with van der Waals surface area (Å²) in [4.78, 5) is 12.0. The normalized spacial score (nSPS) is 27.1. The Balaban J connectivity index is 1.83. The van der Waals surface area contributed by atoms with Crippen LogP contribution in [0.2, 0.25) is 6.32 Å². The molecule has 2 heterocycles. The molecule has 3 rings (SSSR count). The monoisotopic (exact) mass is 454 g/mol. The van der Waals surface area contributed by atoms with E-state index in [0.717, 1.165) is 5.56 Å². The van der Waals surface area contributed by atoms with Crippen LogP contribution in [0.25, 0.3) is 0 Å². The zero-order valence-electron chi connectivity index (χ0n) is 17.4. The first-order chi connectivity index (χ1) is 14.6. The van der Waals surface area contributed by atoms with E-state index >= 15 is 0 Å². The Bertz CT molecular complexity index is 852. The molecule has 0 radical (unpaired) electrons. The maximum Gasteiger partial charge on any atom is 0.451 e. The van der Waals surface area contributed by atoms with E-state index in [1.807, 2.05) is 30.3 Å². The first-order valence-corrected chi connectivity index (χ1v) is 11.9. The lowest BCUT2D eigenvalue weighted by Gasteiger charge is -2.32. The van der Waals surface area contributed by atoms with Crippen molar-refractivity contribution < 1.29 is 28.4 Å². The summed E-state index contributed by atoms with van der Waals surface area (Å²) in [5.74, 6) is -1.88. The minimum Gasteiger partial charge on any atom is -0.480 e. The summed E-state index contributed by atoms with van der Waals surface area (Å²) in [6, 6.07) is 9.06. The highest BCUT2D eigenvalue weighted by Crippen LogP contribution is 2.34. The third-order valence-electron chi connectivity index (χ3n) is 6.25. The third kappa shape index (κ3) is 5.45. The number of nitrogens with two attached hydrogens (primary N) is 1. The average Bonchev–Trinajstić information content (AvgIpc) is 3.36. The molecule has 2 saturated heterocycles. The van der Waals surface area contributed by atoms with Crippen LogP contribution in [0.1, 0.15) is 24.8 Å². The third-order valence-corrected chi connectivity index (χ3v) is 8.20. The summed E-state index contributed by atoms with van der Waals surface area (Å²) >= 11 is 0. The van der Waals surface area contributed by atoms with Crippen molar-refractivity contribution in [2.75, 3.05) is 26.2 Å². The number of carboxylic acids is 1. The fourth-order valence-corrected chi connectivity index (χ4v) is 6.31. The van der Waals surface area contributed by atoms with Crippen LogP contribution in [0, 0.1) is 5.92 Å². The van der Waals surface area contributed by atoms with Gasteiger partial charge in [-0.1, -0.05) is 36.8 Å². The molecule has 1 aromatic rings. The molecule has 0 bridgehead atoms. The van der Waals surface area contributed by atoms with Crippen LogP contribution < -0.4 is 11.1 Å². The molecule has 10 nitrogen and oxygen atoms in total. The zero-order chi connectivity index (χ0) is 22.6. The zero-order valence-corrected chi connectivity index (χ0v) is 18.2. The van der Waals surface area contributed by atoms with Gasteiger partial charge in [-0.25, -0.2) is 0 Å². The molecule has 12 heteroatoms. The number of benzene rings is 1. The molecule has 172 valence electrons. The molecule has 2 aliphatic heterocycles. The fraction of sp³-hybridized carbons (Fsp3) is 0.632. The predicted octanol–water partition coefficient (Wildman–Crippen LogP) is -0.938. The molecular weight excluding hydrogens is 423 g/mol. The minimum atomic E-state index is -3.98. The summed E-state index contributed by atoms with van der Waals surface area (Å²) in [6.07, 6.45) is 1.37. The van der Waals surface area contributed by atoms with Crippen LogP contribution >= 0.6 is 0 Å². The Hall–Kier alpha value is -1.54. The van der Waals surface area contributed by atoms with Gasteiger partial charge in [0.2, 0.25) is 0 Å². The molecule has 0 unspecified atom stereocenters. The standard InChI is InChI=1S/C19H31BN4O6S/c21-19(18(25)26)14-23(13-16(19)7-4-9-20(27)28)31(29,30)24(17-8-10-22-11-17)12-15-5-2-1-3-6-15/h1-3,5-6,16-17,22,27-28H,4,7-14,21H2,(H,25,26)/t16-,17-,19-/m0/s1. The summed E-state index contributed by atoms with van der Waals surface area (Å²) in [5, 5.41) is 31.1. The predicted molar refractivity (Wildman–Crippen MR) is 116 cm³/mol. The molecule has 0 spiro atoms. The maximum absolute atomic E-state index is 13.7. The van der Waals surface area contributed by atoms with Crippen molar-refractivity contribution in [3.8, 4) is 0 Å². The van der Waals surface area contributed by atoms with Gasteiger partial charge in [-0.2, -0.15) is 17.0 Å². The molecule has 2 aliphatic rings. The number of carbonyl (C=O) groups is 1. The molecule has 0 aliphatic carbocycles. The Morgan fingerprint density at radius 2 is 2.03 bits per heavy atom. The number of aliphatic carboxylic acids is 1. The largest absolute Gasteiger partial charge is 0.480 e. The lowest BCUT2D eigenvalue weighted by molar-refractivity contribution is -0.144. The second-order valence-electron chi connectivity index (χ2n) is 8.43. The van der Waals surface area contributed by atoms with Gasteiger partial charge in [-0.15, -0.1) is 0 Å². The van der Waals surface area contributed by atoms with Crippen LogP contribution in [-0.4, -0.2) is 83.0 Å². The average molecular weight is 454 g/mol. The summed E-state index contributed by atoms with van der Waals surface area (Å²) in [6.45, 7) is 1.11. The summed E-state index contributed by atoms with van der Waals surface area (Å²) in [7, 11) is -5.47. The van der Waals surface area contributed by atoms with Gasteiger partial charge in [0.15, 0.2) is 0 Å². The van der Waals surface area contributed by atoms with Gasteiger partial charge in [-0.3, -0.25) is 4.79 Å². The Morgan fingerprint density at radius 3 is 2.61 bits per heavy atom. The van der Waals surface area contributed by atoms with Crippen LogP contribution in [0.3, 0.4) is 0 Å². The lowest BCUT2D eigenvalue weighted by atomic mass is 9.78. The maximum atomic E-state index is 13.7. The van der Waals surface area contributed by atoms with E-state index in [0.29, 0.717) is 25.9 Å². The molecule has 6 N–H and O–H groups in total. The van der Waals surface area contributed by atoms with Gasteiger partial charge in [-0.05, 0) is 31.3 Å². The molecule has 0 amide bonds. The molecule has 0 aromatic heterocycles. The van der Waals surface area contributed by atoms with Crippen LogP contribution in [0.5, 0.6) is 0 Å². The van der Waals surface area contributed by atoms with Gasteiger partial charge in [0, 0.05) is 38.1 Å². The highest BCUT2D eigenvalue weighted by molar-refractivity contribution is 7.86. The number of hydrogen-bond donors (Lipinski definition) is 5. The van der Waals surface area contributed by atoms with E-state index < -0.39 is 34.8 Å². The number of rotatable bonds is 10. The fourth-order valence-electron chi connectivity index (χ4n) is 4.40. The van der Waals surface area contributed by atoms with Gasteiger partial charge < -0.3 is 26.2 Å². The Morgan fingerprint density at radius 1 is 1.32 bits per heavy atom. The van der Waals surface area contributed by atoms with Gasteiger partial charge in [0.25, 0.3) is 10.2 Å². The SMILES string of the molecule is N[C@@]1(C(=O)O)CN(S(=O)(=O)N(Cc2ccccc2)[C@H]2CCNC2)C[C@@H]1CCCB(O)O. The van der Waals surface area contributed by atoms with Crippen molar-refractivity contribution in [3.05, 3.63) is 35.9 Å². The van der Waals surface area contributed by atoms with E-state index in [1.165, 1.54) is 8.61 Å². The second kappa shape index (κ2) is 9.95. The van der Waals surface area contributed by atoms with Crippen LogP contribution in [0.15, 0.2) is 30.3 Å². The van der Waals surface area contributed by atoms with Crippen molar-refractivity contribution in [1.82, 2.24) is 13.9 Å². The van der Waals surface area contributed by atoms with E-state index in [4.69, 9.17) is 15.8 Å². The van der Waals surface area contributed by atoms with Gasteiger partial charge in [0.1, 0.15) is 5.54 Å². The smallest absolute Gasteiger partial charge is 0.451 e. The van der Waals surface area contributed by atoms with Crippen molar-refractivity contribution in [2.24, 2.45) is 11.7 Å². The topological polar surface area (TPSA) is 156 Å². The minimum absolute atomic E-state index is 0.0158. The number of carboxylic acid groups (broad SMARTS) is 1. The number of nitrogens with one attached hydrogen (secondary N) is 1. The lowest BCUT2D eigenvalue weighted by Crippen LogP contribution is -2.56. The molecule has 2 fully saturated rings. The van der Waals surface area contributed by atoms with Crippen LogP contribution in [0.4, 0.5) is 0 Å². The first kappa shape index (κ1) is 24.1. The highest BCUT2D eigenvalue weighted by Gasteiger charge is 2.53. The van der Waals surface area contributed by atoms with Crippen molar-refractivity contribution in [1.29, 1.82) is 0 Å². The highest BCUT2D eigenvalue weighted by atomic mass is 32.2. The van der Waals surface area contributed by atoms with E-state index in [9.17, 15) is 18.3 Å². The molecular formula is C19H31BN4O6S. The Kier molecular flexibility index (Phi) is 7.74. The first-order valence-electron chi connectivity index (χ1n) is 10.5.